The van der Waals surface area contributed by atoms with Crippen molar-refractivity contribution in [2.24, 2.45) is 0 Å². The minimum absolute atomic E-state index is 0.0720. The number of phenolic OH excluding ortho intramolecular Hbond substituents is 1. The van der Waals surface area contributed by atoms with E-state index in [1.165, 1.54) is 24.3 Å². The number of aromatic nitrogens is 1. The van der Waals surface area contributed by atoms with E-state index in [1.807, 2.05) is 53.7 Å². The number of aromatic hydroxyl groups is 1. The van der Waals surface area contributed by atoms with E-state index in [2.05, 4.69) is 4.98 Å². The molecule has 0 amide bonds. The molecule has 1 unspecified atom stereocenters. The van der Waals surface area contributed by atoms with Crippen molar-refractivity contribution >= 4 is 44.9 Å². The number of nitrogens with zero attached hydrogens (tertiary/aromatic N) is 2. The van der Waals surface area contributed by atoms with Crippen molar-refractivity contribution in [1.82, 2.24) is 4.98 Å². The lowest BCUT2D eigenvalue weighted by atomic mass is 9.78. The van der Waals surface area contributed by atoms with Crippen LogP contribution in [-0.2, 0) is 22.0 Å². The van der Waals surface area contributed by atoms with Crippen LogP contribution in [0.2, 0.25) is 0 Å². The molecule has 0 bridgehead atoms. The van der Waals surface area contributed by atoms with Gasteiger partial charge in [0.1, 0.15) is 17.2 Å². The van der Waals surface area contributed by atoms with Gasteiger partial charge in [-0.05, 0) is 63.6 Å². The number of fused-ring (bicyclic) bond motifs is 3. The molecular weight excluding hydrogens is 608 g/mol. The maximum absolute atomic E-state index is 13.6. The fourth-order valence-electron chi connectivity index (χ4n) is 6.35. The molecular formula is C39H36N2O7. The molecule has 1 aliphatic carbocycles. The molecule has 0 radical (unpaired) electrons. The third kappa shape index (κ3) is 5.81. The highest BCUT2D eigenvalue weighted by atomic mass is 16.6. The van der Waals surface area contributed by atoms with E-state index in [4.69, 9.17) is 4.74 Å². The highest BCUT2D eigenvalue weighted by Crippen LogP contribution is 2.41. The number of hydrogen-bond donors (Lipinski definition) is 1. The van der Waals surface area contributed by atoms with Gasteiger partial charge in [0.05, 0.1) is 16.0 Å². The Kier molecular flexibility index (Phi) is 7.90. The Morgan fingerprint density at radius 3 is 2.08 bits per heavy atom. The molecule has 1 atom stereocenters. The predicted octanol–water partition coefficient (Wildman–Crippen LogP) is 8.30. The van der Waals surface area contributed by atoms with Gasteiger partial charge < -0.3 is 9.84 Å². The zero-order valence-corrected chi connectivity index (χ0v) is 27.7. The Morgan fingerprint density at radius 1 is 0.854 bits per heavy atom. The molecule has 9 nitrogen and oxygen atoms in total. The highest BCUT2D eigenvalue weighted by molar-refractivity contribution is 6.31. The Morgan fingerprint density at radius 2 is 1.46 bits per heavy atom. The fraction of sp³-hybridized carbons (Fsp3) is 0.282. The summed E-state index contributed by atoms with van der Waals surface area (Å²) in [5.74, 6) is -2.17. The van der Waals surface area contributed by atoms with Crippen LogP contribution in [0.3, 0.4) is 0 Å². The number of nitro benzene ring substituents is 1. The van der Waals surface area contributed by atoms with Crippen LogP contribution in [-0.4, -0.2) is 32.5 Å². The van der Waals surface area contributed by atoms with E-state index in [1.54, 1.807) is 36.4 Å². The van der Waals surface area contributed by atoms with Crippen LogP contribution in [0.1, 0.15) is 97.0 Å². The normalized spacial score (nSPS) is 14.8. The average Bonchev–Trinajstić information content (AvgIpc) is 3.26. The first-order valence-corrected chi connectivity index (χ1v) is 15.8. The lowest BCUT2D eigenvalue weighted by Crippen LogP contribution is -2.18. The zero-order valence-electron chi connectivity index (χ0n) is 27.7. The molecule has 1 aromatic heterocycles. The number of non-ortho nitro benzene ring substituents is 1. The second-order valence-electron chi connectivity index (χ2n) is 14.4. The molecule has 0 spiro atoms. The van der Waals surface area contributed by atoms with E-state index in [0.717, 1.165) is 16.7 Å². The lowest BCUT2D eigenvalue weighted by molar-refractivity contribution is -0.383. The molecule has 0 saturated heterocycles. The van der Waals surface area contributed by atoms with Gasteiger partial charge in [0, 0.05) is 29.0 Å². The van der Waals surface area contributed by atoms with Gasteiger partial charge in [-0.1, -0.05) is 84.0 Å². The maximum atomic E-state index is 13.6. The first kappa shape index (κ1) is 32.5. The van der Waals surface area contributed by atoms with E-state index in [0.29, 0.717) is 22.7 Å². The summed E-state index contributed by atoms with van der Waals surface area (Å²) in [5.41, 5.74) is 2.62. The molecule has 1 aliphatic rings. The van der Waals surface area contributed by atoms with E-state index in [9.17, 15) is 29.6 Å². The average molecular weight is 645 g/mol. The second kappa shape index (κ2) is 11.7. The number of aryl methyl sites for hydroxylation is 1. The van der Waals surface area contributed by atoms with Crippen LogP contribution in [0.25, 0.3) is 21.7 Å². The number of para-hydroxylation sites is 1. The molecule has 48 heavy (non-hydrogen) atoms. The molecule has 0 fully saturated rings. The van der Waals surface area contributed by atoms with Crippen molar-refractivity contribution in [3.8, 4) is 11.5 Å². The highest BCUT2D eigenvalue weighted by Gasteiger charge is 2.41. The predicted molar refractivity (Wildman–Crippen MR) is 183 cm³/mol. The van der Waals surface area contributed by atoms with Crippen LogP contribution in [0.5, 0.6) is 11.5 Å². The van der Waals surface area contributed by atoms with Gasteiger partial charge in [0.15, 0.2) is 17.3 Å². The Balaban J connectivity index is 1.27. The number of rotatable bonds is 6. The summed E-state index contributed by atoms with van der Waals surface area (Å²) in [6.07, 6.45) is 0.465. The molecule has 5 aromatic rings. The van der Waals surface area contributed by atoms with Gasteiger partial charge >= 0.3 is 5.97 Å². The number of esters is 1. The van der Waals surface area contributed by atoms with Crippen LogP contribution in [0, 0.1) is 10.1 Å². The van der Waals surface area contributed by atoms with Crippen molar-refractivity contribution in [3.63, 3.8) is 0 Å². The summed E-state index contributed by atoms with van der Waals surface area (Å²) in [7, 11) is 0. The van der Waals surface area contributed by atoms with Crippen LogP contribution in [0.15, 0.2) is 72.8 Å². The Bertz CT molecular complexity index is 2150. The van der Waals surface area contributed by atoms with Crippen LogP contribution in [0.4, 0.5) is 5.69 Å². The molecule has 9 heteroatoms. The van der Waals surface area contributed by atoms with Crippen molar-refractivity contribution < 1.29 is 29.2 Å². The van der Waals surface area contributed by atoms with Gasteiger partial charge in [-0.15, -0.1) is 0 Å². The first-order valence-electron chi connectivity index (χ1n) is 15.8. The van der Waals surface area contributed by atoms with Crippen molar-refractivity contribution in [2.75, 3.05) is 0 Å². The summed E-state index contributed by atoms with van der Waals surface area (Å²) in [4.78, 5) is 56.1. The van der Waals surface area contributed by atoms with Crippen LogP contribution >= 0.6 is 0 Å². The molecule has 6 rings (SSSR count). The van der Waals surface area contributed by atoms with Gasteiger partial charge in [-0.2, -0.15) is 0 Å². The molecule has 1 N–H and O–H groups in total. The number of hydrogen-bond acceptors (Lipinski definition) is 8. The van der Waals surface area contributed by atoms with Crippen molar-refractivity contribution in [3.05, 3.63) is 116 Å². The minimum Gasteiger partial charge on any atom is -0.507 e. The molecule has 244 valence electrons. The van der Waals surface area contributed by atoms with E-state index in [-0.39, 0.29) is 56.6 Å². The summed E-state index contributed by atoms with van der Waals surface area (Å²) in [6.45, 7) is 12.2. The third-order valence-electron chi connectivity index (χ3n) is 8.88. The van der Waals surface area contributed by atoms with Gasteiger partial charge in [0.2, 0.25) is 0 Å². The second-order valence-corrected chi connectivity index (χ2v) is 14.4. The largest absolute Gasteiger partial charge is 0.507 e. The number of ketones is 2. The van der Waals surface area contributed by atoms with Crippen LogP contribution < -0.4 is 4.74 Å². The number of pyridine rings is 1. The first-order chi connectivity index (χ1) is 22.5. The minimum atomic E-state index is -1.23. The number of benzene rings is 4. The fourth-order valence-corrected chi connectivity index (χ4v) is 6.35. The quantitative estimate of drug-likeness (QED) is 0.0641. The Hall–Kier alpha value is -5.44. The monoisotopic (exact) mass is 644 g/mol. The number of nitro groups is 1. The van der Waals surface area contributed by atoms with E-state index < -0.39 is 28.4 Å². The van der Waals surface area contributed by atoms with Gasteiger partial charge in [-0.25, -0.2) is 4.98 Å². The number of ether oxygens (including phenoxy) is 1. The number of Topliss-reactive ketones (excluding diaryl/α,β-unsaturated/α-hetero) is 2. The lowest BCUT2D eigenvalue weighted by Gasteiger charge is -2.28. The number of carbonyl (C=O) groups excluding carboxylic acids is 3. The third-order valence-corrected chi connectivity index (χ3v) is 8.88. The molecule has 4 aromatic carbocycles. The zero-order chi connectivity index (χ0) is 34.7. The smallest absolute Gasteiger partial charge is 0.311 e. The number of carbonyl (C=O) groups is 3. The topological polar surface area (TPSA) is 137 Å². The summed E-state index contributed by atoms with van der Waals surface area (Å²) in [6, 6.07) is 19.9. The summed E-state index contributed by atoms with van der Waals surface area (Å²) >= 11 is 0. The van der Waals surface area contributed by atoms with E-state index >= 15 is 0 Å². The SMILES string of the molecule is CC(C)(C)c1cc(CCC(=O)Oc2cccc3ccc(C4C(=O)c5cc6cccc([N+](=O)[O-])c6cc5C4=O)nc23)cc(C(C)(C)C)c1O. The van der Waals surface area contributed by atoms with Crippen molar-refractivity contribution in [1.29, 1.82) is 0 Å². The standard InChI is InChI=1S/C39H36N2O7/c1-38(2,3)27-17-21(18-28(37(27)45)39(4,5)6)13-16-32(42)48-31-12-8-9-22-14-15-29(40-34(22)31)33-35(43)25-19-23-10-7-11-30(41(46)47)24(23)20-26(25)36(33)44/h7-12,14-15,17-20,33,45H,13,16H2,1-6H3. The molecule has 1 heterocycles. The molecule has 0 saturated carbocycles. The maximum Gasteiger partial charge on any atom is 0.311 e. The van der Waals surface area contributed by atoms with Gasteiger partial charge in [0.25, 0.3) is 5.69 Å². The summed E-state index contributed by atoms with van der Waals surface area (Å²) < 4.78 is 5.80. The Labute approximate surface area is 277 Å². The van der Waals surface area contributed by atoms with Crippen molar-refractivity contribution in [2.45, 2.75) is 71.1 Å². The summed E-state index contributed by atoms with van der Waals surface area (Å²) in [5, 5.41) is 24.1. The molecule has 0 aliphatic heterocycles. The number of phenols is 1. The van der Waals surface area contributed by atoms with Gasteiger partial charge in [-0.3, -0.25) is 24.5 Å².